The fourth-order valence-electron chi connectivity index (χ4n) is 1.69. The zero-order valence-electron chi connectivity index (χ0n) is 9.90. The summed E-state index contributed by atoms with van der Waals surface area (Å²) in [5.74, 6) is 0. The summed E-state index contributed by atoms with van der Waals surface area (Å²) in [6.07, 6.45) is 1.91. The van der Waals surface area contributed by atoms with E-state index < -0.39 is 5.54 Å². The van der Waals surface area contributed by atoms with E-state index in [1.54, 1.807) is 6.92 Å². The Hall–Kier alpha value is -1.36. The lowest BCUT2D eigenvalue weighted by molar-refractivity contribution is 0.103. The number of benzene rings is 1. The number of aliphatic hydroxyl groups is 2. The molecule has 0 aliphatic heterocycles. The summed E-state index contributed by atoms with van der Waals surface area (Å²) in [4.78, 5) is 3.14. The molecule has 4 N–H and O–H groups in total. The van der Waals surface area contributed by atoms with Crippen molar-refractivity contribution in [2.45, 2.75) is 19.0 Å². The molecule has 1 heterocycles. The number of aromatic nitrogens is 1. The molecule has 0 bridgehead atoms. The van der Waals surface area contributed by atoms with E-state index in [0.29, 0.717) is 6.54 Å². The van der Waals surface area contributed by atoms with Crippen LogP contribution < -0.4 is 5.32 Å². The molecule has 0 aliphatic rings. The largest absolute Gasteiger partial charge is 0.394 e. The lowest BCUT2D eigenvalue weighted by Crippen LogP contribution is -2.48. The second-order valence-electron chi connectivity index (χ2n) is 4.63. The quantitative estimate of drug-likeness (QED) is 0.624. The van der Waals surface area contributed by atoms with Gasteiger partial charge in [0.2, 0.25) is 0 Å². The third-order valence-corrected chi connectivity index (χ3v) is 3.03. The molecule has 4 heteroatoms. The Bertz CT molecular complexity index is 489. The molecule has 0 saturated carbocycles. The van der Waals surface area contributed by atoms with Gasteiger partial charge in [0.1, 0.15) is 0 Å². The van der Waals surface area contributed by atoms with Crippen LogP contribution in [0.25, 0.3) is 10.9 Å². The minimum atomic E-state index is -0.632. The molecule has 0 amide bonds. The van der Waals surface area contributed by atoms with Crippen LogP contribution in [0.4, 0.5) is 0 Å². The monoisotopic (exact) mass is 234 g/mol. The van der Waals surface area contributed by atoms with E-state index in [1.807, 2.05) is 24.4 Å². The number of nitrogens with one attached hydrogen (secondary N) is 2. The molecule has 2 rings (SSSR count). The van der Waals surface area contributed by atoms with Crippen molar-refractivity contribution in [1.82, 2.24) is 10.3 Å². The molecule has 0 spiro atoms. The van der Waals surface area contributed by atoms with E-state index in [4.69, 9.17) is 0 Å². The van der Waals surface area contributed by atoms with Crippen LogP contribution in [-0.4, -0.2) is 33.9 Å². The van der Waals surface area contributed by atoms with Crippen LogP contribution in [0.2, 0.25) is 0 Å². The van der Waals surface area contributed by atoms with Gasteiger partial charge in [0, 0.05) is 18.3 Å². The summed E-state index contributed by atoms with van der Waals surface area (Å²) < 4.78 is 0. The minimum Gasteiger partial charge on any atom is -0.394 e. The summed E-state index contributed by atoms with van der Waals surface area (Å²) in [6.45, 7) is 2.24. The summed E-state index contributed by atoms with van der Waals surface area (Å²) >= 11 is 0. The number of H-pyrrole nitrogens is 1. The number of aromatic amines is 1. The van der Waals surface area contributed by atoms with Gasteiger partial charge in [-0.25, -0.2) is 0 Å². The highest BCUT2D eigenvalue weighted by Crippen LogP contribution is 2.14. The number of aliphatic hydroxyl groups excluding tert-OH is 2. The van der Waals surface area contributed by atoms with Crippen LogP contribution in [0.1, 0.15) is 12.5 Å². The normalized spacial score (nSPS) is 12.2. The molecule has 0 saturated heterocycles. The number of hydrogen-bond donors (Lipinski definition) is 4. The van der Waals surface area contributed by atoms with Gasteiger partial charge in [-0.2, -0.15) is 0 Å². The van der Waals surface area contributed by atoms with Crippen molar-refractivity contribution in [2.75, 3.05) is 13.2 Å². The Morgan fingerprint density at radius 3 is 2.71 bits per heavy atom. The van der Waals surface area contributed by atoms with Crippen LogP contribution in [0.5, 0.6) is 0 Å². The zero-order valence-corrected chi connectivity index (χ0v) is 9.90. The van der Waals surface area contributed by atoms with E-state index in [2.05, 4.69) is 16.4 Å². The van der Waals surface area contributed by atoms with E-state index in [-0.39, 0.29) is 13.2 Å². The van der Waals surface area contributed by atoms with E-state index >= 15 is 0 Å². The first-order valence-corrected chi connectivity index (χ1v) is 5.70. The van der Waals surface area contributed by atoms with Crippen molar-refractivity contribution in [3.05, 3.63) is 36.0 Å². The predicted octanol–water partition coefficient (Wildman–Crippen LogP) is 1.00. The highest BCUT2D eigenvalue weighted by Gasteiger charge is 2.20. The van der Waals surface area contributed by atoms with Crippen molar-refractivity contribution in [1.29, 1.82) is 0 Å². The third kappa shape index (κ3) is 2.66. The first kappa shape index (κ1) is 12.1. The van der Waals surface area contributed by atoms with Gasteiger partial charge in [-0.3, -0.25) is 0 Å². The maximum Gasteiger partial charge on any atom is 0.0633 e. The van der Waals surface area contributed by atoms with Crippen LogP contribution in [0, 0.1) is 0 Å². The standard InChI is InChI=1S/C13H18N2O2/c1-13(8-16,9-17)15-7-10-2-3-12-11(6-10)4-5-14-12/h2-6,14-17H,7-9H2,1H3. The Balaban J connectivity index is 2.08. The Kier molecular flexibility index (Phi) is 3.47. The van der Waals surface area contributed by atoms with Gasteiger partial charge < -0.3 is 20.5 Å². The van der Waals surface area contributed by atoms with Crippen molar-refractivity contribution >= 4 is 10.9 Å². The molecule has 0 unspecified atom stereocenters. The second kappa shape index (κ2) is 4.87. The molecule has 0 aliphatic carbocycles. The average Bonchev–Trinajstić information content (AvgIpc) is 2.83. The molecule has 0 atom stereocenters. The van der Waals surface area contributed by atoms with Crippen molar-refractivity contribution in [2.24, 2.45) is 0 Å². The minimum absolute atomic E-state index is 0.0874. The number of rotatable bonds is 5. The molecule has 1 aromatic heterocycles. The molecule has 1 aromatic carbocycles. The Morgan fingerprint density at radius 1 is 1.24 bits per heavy atom. The fraction of sp³-hybridized carbons (Fsp3) is 0.385. The van der Waals surface area contributed by atoms with E-state index in [9.17, 15) is 10.2 Å². The zero-order chi connectivity index (χ0) is 12.3. The molecule has 4 nitrogen and oxygen atoms in total. The Labute approximate surface area is 100 Å². The van der Waals surface area contributed by atoms with Crippen LogP contribution in [0.3, 0.4) is 0 Å². The van der Waals surface area contributed by atoms with E-state index in [1.165, 1.54) is 5.39 Å². The van der Waals surface area contributed by atoms with Gasteiger partial charge >= 0.3 is 0 Å². The van der Waals surface area contributed by atoms with Gasteiger partial charge in [-0.15, -0.1) is 0 Å². The van der Waals surface area contributed by atoms with Gasteiger partial charge in [0.05, 0.1) is 18.8 Å². The van der Waals surface area contributed by atoms with Gasteiger partial charge in [-0.05, 0) is 36.1 Å². The average molecular weight is 234 g/mol. The van der Waals surface area contributed by atoms with Gasteiger partial charge in [0.15, 0.2) is 0 Å². The topological polar surface area (TPSA) is 68.3 Å². The lowest BCUT2D eigenvalue weighted by atomic mass is 10.0. The van der Waals surface area contributed by atoms with Gasteiger partial charge in [-0.1, -0.05) is 6.07 Å². The van der Waals surface area contributed by atoms with Crippen LogP contribution >= 0.6 is 0 Å². The number of hydrogen-bond acceptors (Lipinski definition) is 3. The summed E-state index contributed by atoms with van der Waals surface area (Å²) in [5.41, 5.74) is 1.61. The molecule has 0 radical (unpaired) electrons. The first-order chi connectivity index (χ1) is 8.17. The van der Waals surface area contributed by atoms with E-state index in [0.717, 1.165) is 11.1 Å². The highest BCUT2D eigenvalue weighted by molar-refractivity contribution is 5.79. The molecule has 0 fully saturated rings. The predicted molar refractivity (Wildman–Crippen MR) is 67.7 cm³/mol. The summed E-state index contributed by atoms with van der Waals surface area (Å²) in [6, 6.07) is 8.17. The van der Waals surface area contributed by atoms with Crippen molar-refractivity contribution < 1.29 is 10.2 Å². The summed E-state index contributed by atoms with van der Waals surface area (Å²) in [7, 11) is 0. The molecular formula is C13H18N2O2. The Morgan fingerprint density at radius 2 is 2.00 bits per heavy atom. The SMILES string of the molecule is CC(CO)(CO)NCc1ccc2[nH]ccc2c1. The van der Waals surface area contributed by atoms with Crippen molar-refractivity contribution in [3.63, 3.8) is 0 Å². The van der Waals surface area contributed by atoms with Gasteiger partial charge in [0.25, 0.3) is 0 Å². The smallest absolute Gasteiger partial charge is 0.0633 e. The summed E-state index contributed by atoms with van der Waals surface area (Å²) in [5, 5.41) is 22.7. The third-order valence-electron chi connectivity index (χ3n) is 3.03. The van der Waals surface area contributed by atoms with Crippen molar-refractivity contribution in [3.8, 4) is 0 Å². The maximum atomic E-state index is 9.17. The highest BCUT2D eigenvalue weighted by atomic mass is 16.3. The molecule has 92 valence electrons. The molecule has 2 aromatic rings. The number of fused-ring (bicyclic) bond motifs is 1. The van der Waals surface area contributed by atoms with Crippen LogP contribution in [0.15, 0.2) is 30.5 Å². The molecular weight excluding hydrogens is 216 g/mol. The molecule has 17 heavy (non-hydrogen) atoms. The fourth-order valence-corrected chi connectivity index (χ4v) is 1.69. The second-order valence-corrected chi connectivity index (χ2v) is 4.63. The first-order valence-electron chi connectivity index (χ1n) is 5.70. The maximum absolute atomic E-state index is 9.17. The lowest BCUT2D eigenvalue weighted by Gasteiger charge is -2.26. The van der Waals surface area contributed by atoms with Crippen LogP contribution in [-0.2, 0) is 6.54 Å².